The normalized spacial score (nSPS) is 10.5. The molecule has 0 saturated carbocycles. The van der Waals surface area contributed by atoms with Crippen molar-refractivity contribution in [3.8, 4) is 5.75 Å². The average Bonchev–Trinajstić information content (AvgIpc) is 2.53. The van der Waals surface area contributed by atoms with Crippen molar-refractivity contribution in [2.45, 2.75) is 0 Å². The van der Waals surface area contributed by atoms with Gasteiger partial charge in [0.05, 0.1) is 11.1 Å². The van der Waals surface area contributed by atoms with Crippen molar-refractivity contribution in [1.29, 1.82) is 0 Å². The van der Waals surface area contributed by atoms with Gasteiger partial charge in [-0.2, -0.15) is 0 Å². The molecule has 21 heavy (non-hydrogen) atoms. The molecule has 1 amide bonds. The highest BCUT2D eigenvalue weighted by atomic mass is 16.3. The Morgan fingerprint density at radius 2 is 1.86 bits per heavy atom. The van der Waals surface area contributed by atoms with E-state index in [4.69, 9.17) is 0 Å². The van der Waals surface area contributed by atoms with Gasteiger partial charge in [-0.1, -0.05) is 24.3 Å². The lowest BCUT2D eigenvalue weighted by Crippen LogP contribution is -2.26. The summed E-state index contributed by atoms with van der Waals surface area (Å²) in [5.41, 5.74) is 1.85. The Bertz CT molecular complexity index is 809. The first-order valence-electron chi connectivity index (χ1n) is 6.57. The quantitative estimate of drug-likeness (QED) is 0.783. The van der Waals surface area contributed by atoms with Gasteiger partial charge >= 0.3 is 0 Å². The molecule has 3 aromatic rings. The number of carbonyl (C=O) groups excluding carboxylic acids is 1. The molecule has 0 unspecified atom stereocenters. The van der Waals surface area contributed by atoms with Crippen LogP contribution in [0.25, 0.3) is 10.9 Å². The van der Waals surface area contributed by atoms with E-state index >= 15 is 0 Å². The van der Waals surface area contributed by atoms with Crippen molar-refractivity contribution in [2.75, 3.05) is 11.9 Å². The van der Waals surface area contributed by atoms with E-state index < -0.39 is 0 Å². The highest BCUT2D eigenvalue weighted by Gasteiger charge is 2.16. The van der Waals surface area contributed by atoms with Crippen molar-refractivity contribution in [1.82, 2.24) is 4.98 Å². The van der Waals surface area contributed by atoms with Gasteiger partial charge in [0.1, 0.15) is 5.75 Å². The molecule has 0 aliphatic heterocycles. The second-order valence-electron chi connectivity index (χ2n) is 4.76. The largest absolute Gasteiger partial charge is 0.508 e. The summed E-state index contributed by atoms with van der Waals surface area (Å²) in [6.45, 7) is 0. The van der Waals surface area contributed by atoms with Gasteiger partial charge < -0.3 is 10.0 Å². The summed E-state index contributed by atoms with van der Waals surface area (Å²) in [6, 6.07) is 15.9. The number of benzene rings is 2. The van der Waals surface area contributed by atoms with Crippen molar-refractivity contribution < 1.29 is 9.90 Å². The SMILES string of the molecule is CN(C(=O)c1cccc2cccnc12)c1cccc(O)c1. The molecule has 0 aliphatic carbocycles. The van der Waals surface area contributed by atoms with Gasteiger partial charge in [-0.15, -0.1) is 0 Å². The van der Waals surface area contributed by atoms with Gasteiger partial charge in [0, 0.05) is 30.4 Å². The van der Waals surface area contributed by atoms with E-state index in [9.17, 15) is 9.90 Å². The van der Waals surface area contributed by atoms with Crippen LogP contribution in [0.15, 0.2) is 60.8 Å². The lowest BCUT2D eigenvalue weighted by molar-refractivity contribution is 0.0994. The molecule has 0 aliphatic rings. The van der Waals surface area contributed by atoms with Crippen LogP contribution in [0.5, 0.6) is 5.75 Å². The Morgan fingerprint density at radius 1 is 1.10 bits per heavy atom. The number of nitrogens with zero attached hydrogens (tertiary/aromatic N) is 2. The summed E-state index contributed by atoms with van der Waals surface area (Å²) in [5, 5.41) is 10.5. The fourth-order valence-corrected chi connectivity index (χ4v) is 2.28. The first kappa shape index (κ1) is 13.1. The molecule has 104 valence electrons. The van der Waals surface area contributed by atoms with Crippen LogP contribution < -0.4 is 4.90 Å². The number of rotatable bonds is 2. The predicted molar refractivity (Wildman–Crippen MR) is 82.6 cm³/mol. The highest BCUT2D eigenvalue weighted by Crippen LogP contribution is 2.23. The third kappa shape index (κ3) is 2.43. The number of para-hydroxylation sites is 1. The predicted octanol–water partition coefficient (Wildman–Crippen LogP) is 3.22. The van der Waals surface area contributed by atoms with E-state index in [-0.39, 0.29) is 11.7 Å². The number of carbonyl (C=O) groups is 1. The van der Waals surface area contributed by atoms with Gasteiger partial charge in [-0.05, 0) is 24.3 Å². The second kappa shape index (κ2) is 5.25. The summed E-state index contributed by atoms with van der Waals surface area (Å²) in [5.74, 6) is -0.0342. The minimum Gasteiger partial charge on any atom is -0.508 e. The van der Waals surface area contributed by atoms with Gasteiger partial charge in [0.25, 0.3) is 5.91 Å². The van der Waals surface area contributed by atoms with Gasteiger partial charge in [0.15, 0.2) is 0 Å². The van der Waals surface area contributed by atoms with Crippen LogP contribution in [0, 0.1) is 0 Å². The zero-order chi connectivity index (χ0) is 14.8. The third-order valence-corrected chi connectivity index (χ3v) is 3.38. The Kier molecular flexibility index (Phi) is 3.28. The summed E-state index contributed by atoms with van der Waals surface area (Å²) in [4.78, 5) is 18.5. The second-order valence-corrected chi connectivity index (χ2v) is 4.76. The average molecular weight is 278 g/mol. The van der Waals surface area contributed by atoms with Gasteiger partial charge in [0.2, 0.25) is 0 Å². The maximum atomic E-state index is 12.7. The van der Waals surface area contributed by atoms with E-state index in [1.54, 1.807) is 43.6 Å². The monoisotopic (exact) mass is 278 g/mol. The van der Waals surface area contributed by atoms with E-state index in [1.807, 2.05) is 24.3 Å². The standard InChI is InChI=1S/C17H14N2O2/c1-19(13-7-3-8-14(20)11-13)17(21)15-9-2-5-12-6-4-10-18-16(12)15/h2-11,20H,1H3. The van der Waals surface area contributed by atoms with E-state index in [2.05, 4.69) is 4.98 Å². The number of hydrogen-bond acceptors (Lipinski definition) is 3. The van der Waals surface area contributed by atoms with Crippen LogP contribution >= 0.6 is 0 Å². The first-order chi connectivity index (χ1) is 10.2. The molecule has 1 aromatic heterocycles. The van der Waals surface area contributed by atoms with Crippen molar-refractivity contribution in [3.63, 3.8) is 0 Å². The number of phenolic OH excluding ortho intramolecular Hbond substituents is 1. The molecule has 1 N–H and O–H groups in total. The molecule has 0 spiro atoms. The maximum absolute atomic E-state index is 12.7. The van der Waals surface area contributed by atoms with Gasteiger partial charge in [-0.25, -0.2) is 0 Å². The molecule has 0 fully saturated rings. The number of pyridine rings is 1. The number of fused-ring (bicyclic) bond motifs is 1. The minimum absolute atomic E-state index is 0.128. The first-order valence-corrected chi connectivity index (χ1v) is 6.57. The number of hydrogen-bond donors (Lipinski definition) is 1. The molecule has 3 rings (SSSR count). The fraction of sp³-hybridized carbons (Fsp3) is 0.0588. The zero-order valence-corrected chi connectivity index (χ0v) is 11.5. The summed E-state index contributed by atoms with van der Waals surface area (Å²) >= 11 is 0. The molecule has 1 heterocycles. The lowest BCUT2D eigenvalue weighted by Gasteiger charge is -2.18. The van der Waals surface area contributed by atoms with Crippen LogP contribution in [0.2, 0.25) is 0 Å². The zero-order valence-electron chi connectivity index (χ0n) is 11.5. The molecular weight excluding hydrogens is 264 g/mol. The fourth-order valence-electron chi connectivity index (χ4n) is 2.28. The lowest BCUT2D eigenvalue weighted by atomic mass is 10.1. The third-order valence-electron chi connectivity index (χ3n) is 3.38. The van der Waals surface area contributed by atoms with Crippen LogP contribution in [0.3, 0.4) is 0 Å². The Balaban J connectivity index is 2.04. The summed E-state index contributed by atoms with van der Waals surface area (Å²) < 4.78 is 0. The molecule has 0 radical (unpaired) electrons. The van der Waals surface area contributed by atoms with Crippen LogP contribution in [0.4, 0.5) is 5.69 Å². The highest BCUT2D eigenvalue weighted by molar-refractivity contribution is 6.12. The molecule has 0 saturated heterocycles. The van der Waals surface area contributed by atoms with E-state index in [0.717, 1.165) is 5.39 Å². The van der Waals surface area contributed by atoms with Crippen LogP contribution in [0.1, 0.15) is 10.4 Å². The van der Waals surface area contributed by atoms with E-state index in [1.165, 1.54) is 4.90 Å². The molecule has 0 bridgehead atoms. The topological polar surface area (TPSA) is 53.4 Å². The summed E-state index contributed by atoms with van der Waals surface area (Å²) in [6.07, 6.45) is 1.67. The van der Waals surface area contributed by atoms with Crippen LogP contribution in [-0.4, -0.2) is 23.0 Å². The number of aromatic nitrogens is 1. The van der Waals surface area contributed by atoms with Crippen molar-refractivity contribution in [2.24, 2.45) is 0 Å². The van der Waals surface area contributed by atoms with E-state index in [0.29, 0.717) is 16.8 Å². The molecular formula is C17H14N2O2. The van der Waals surface area contributed by atoms with Crippen LogP contribution in [-0.2, 0) is 0 Å². The molecule has 0 atom stereocenters. The summed E-state index contributed by atoms with van der Waals surface area (Å²) in [7, 11) is 1.68. The molecule has 4 heteroatoms. The number of amides is 1. The molecule has 2 aromatic carbocycles. The Hall–Kier alpha value is -2.88. The Morgan fingerprint density at radius 3 is 2.67 bits per heavy atom. The van der Waals surface area contributed by atoms with Gasteiger partial charge in [-0.3, -0.25) is 9.78 Å². The Labute approximate surface area is 122 Å². The maximum Gasteiger partial charge on any atom is 0.260 e. The number of phenols is 1. The number of aromatic hydroxyl groups is 1. The van der Waals surface area contributed by atoms with Crippen molar-refractivity contribution in [3.05, 3.63) is 66.4 Å². The number of anilines is 1. The molecule has 4 nitrogen and oxygen atoms in total. The smallest absolute Gasteiger partial charge is 0.260 e. The van der Waals surface area contributed by atoms with Crippen molar-refractivity contribution >= 4 is 22.5 Å². The minimum atomic E-state index is -0.162.